The van der Waals surface area contributed by atoms with Crippen LogP contribution in [0.15, 0.2) is 30.3 Å². The average molecular weight is 204 g/mol. The molecule has 0 amide bonds. The molecule has 0 saturated carbocycles. The molecule has 0 aliphatic rings. The van der Waals surface area contributed by atoms with Gasteiger partial charge in [-0.3, -0.25) is 11.8 Å². The van der Waals surface area contributed by atoms with E-state index in [1.165, 1.54) is 0 Å². The van der Waals surface area contributed by atoms with Crippen LogP contribution in [0.5, 0.6) is 0 Å². The molecule has 0 aromatic heterocycles. The fraction of sp³-hybridized carbons (Fsp3) is 0. The van der Waals surface area contributed by atoms with Crippen LogP contribution < -0.4 is 0 Å². The topological polar surface area (TPSA) is 0 Å². The Hall–Kier alpha value is -0.246. The molecule has 1 rings (SSSR count). The molecule has 0 nitrogen and oxygen atoms in total. The fourth-order valence-electron chi connectivity index (χ4n) is 0.624. The molecule has 1 radical (unpaired) electrons. The molecule has 0 spiro atoms. The van der Waals surface area contributed by atoms with Gasteiger partial charge in [-0.1, -0.05) is 35.9 Å². The summed E-state index contributed by atoms with van der Waals surface area (Å²) in [6, 6.07) is 9.80. The van der Waals surface area contributed by atoms with E-state index in [1.54, 1.807) is 0 Å². The Bertz CT molecular complexity index is 228. The Morgan fingerprint density at radius 1 is 1.10 bits per heavy atom. The molecule has 0 N–H and O–H groups in total. The molecule has 10 heavy (non-hydrogen) atoms. The Morgan fingerprint density at radius 2 is 1.70 bits per heavy atom. The zero-order valence-corrected chi connectivity index (χ0v) is 8.51. The monoisotopic (exact) mass is 204 g/mol. The van der Waals surface area contributed by atoms with Crippen molar-refractivity contribution in [2.45, 2.75) is 0 Å². The summed E-state index contributed by atoms with van der Waals surface area (Å²) in [5, 5.41) is 0. The van der Waals surface area contributed by atoms with Crippen LogP contribution in [0.1, 0.15) is 5.56 Å². The third-order valence-corrected chi connectivity index (χ3v) is 1.01. The summed E-state index contributed by atoms with van der Waals surface area (Å²) < 4.78 is 0. The molecule has 1 aromatic carbocycles. The van der Waals surface area contributed by atoms with Crippen molar-refractivity contribution < 1.29 is 32.7 Å². The second-order valence-corrected chi connectivity index (χ2v) is 1.67. The summed E-state index contributed by atoms with van der Waals surface area (Å²) in [4.78, 5) is 0. The van der Waals surface area contributed by atoms with Gasteiger partial charge in [-0.05, 0) is 0 Å². The van der Waals surface area contributed by atoms with E-state index in [0.717, 1.165) is 5.56 Å². The fourth-order valence-corrected chi connectivity index (χ4v) is 0.624. The minimum atomic E-state index is 0. The second-order valence-electron chi connectivity index (χ2n) is 1.67. The predicted molar refractivity (Wildman–Crippen MR) is 38.7 cm³/mol. The van der Waals surface area contributed by atoms with Crippen molar-refractivity contribution in [1.82, 2.24) is 0 Å². The maximum absolute atomic E-state index is 3.42. The van der Waals surface area contributed by atoms with Gasteiger partial charge in [-0.2, -0.15) is 6.92 Å². The normalized spacial score (nSPS) is 6.80. The maximum atomic E-state index is 3.42. The molecule has 0 saturated heterocycles. The summed E-state index contributed by atoms with van der Waals surface area (Å²) in [6.45, 7) is 3.42. The molecule has 0 unspecified atom stereocenters. The molecule has 1 heteroatoms. The van der Waals surface area contributed by atoms with Crippen molar-refractivity contribution in [3.05, 3.63) is 42.8 Å². The van der Waals surface area contributed by atoms with Crippen LogP contribution >= 0.6 is 0 Å². The summed E-state index contributed by atoms with van der Waals surface area (Å²) in [7, 11) is 0. The van der Waals surface area contributed by atoms with E-state index in [1.807, 2.05) is 30.3 Å². The first kappa shape index (κ1) is 9.75. The quantitative estimate of drug-likeness (QED) is 0.447. The molecule has 47 valence electrons. The van der Waals surface area contributed by atoms with Crippen molar-refractivity contribution in [1.29, 1.82) is 0 Å². The van der Waals surface area contributed by atoms with E-state index < -0.39 is 0 Å². The van der Waals surface area contributed by atoms with Crippen LogP contribution in [0.3, 0.4) is 0 Å². The van der Waals surface area contributed by atoms with Crippen LogP contribution in [0.4, 0.5) is 0 Å². The van der Waals surface area contributed by atoms with Gasteiger partial charge in [0.25, 0.3) is 0 Å². The Labute approximate surface area is 86.9 Å². The maximum Gasteiger partial charge on any atom is 0 e. The third-order valence-electron chi connectivity index (χ3n) is 1.01. The first-order valence-corrected chi connectivity index (χ1v) is 2.76. The summed E-state index contributed by atoms with van der Waals surface area (Å²) in [6.07, 6.45) is 0. The zero-order chi connectivity index (χ0) is 6.53. The van der Waals surface area contributed by atoms with Crippen molar-refractivity contribution in [3.63, 3.8) is 0 Å². The molecule has 0 aliphatic heterocycles. The van der Waals surface area contributed by atoms with Crippen molar-refractivity contribution in [3.8, 4) is 11.8 Å². The SMILES string of the molecule is [CH2-]C#Cc1ccccc1.[Y]. The first-order valence-electron chi connectivity index (χ1n) is 2.76. The zero-order valence-electron chi connectivity index (χ0n) is 5.67. The molecule has 0 bridgehead atoms. The van der Waals surface area contributed by atoms with Gasteiger partial charge in [-0.25, -0.2) is 0 Å². The Balaban J connectivity index is 0.000000810. The van der Waals surface area contributed by atoms with Crippen molar-refractivity contribution >= 4 is 0 Å². The van der Waals surface area contributed by atoms with Gasteiger partial charge in [0.05, 0.1) is 0 Å². The van der Waals surface area contributed by atoms with Crippen molar-refractivity contribution in [2.24, 2.45) is 0 Å². The van der Waals surface area contributed by atoms with E-state index in [4.69, 9.17) is 0 Å². The number of hydrogen-bond donors (Lipinski definition) is 0. The molecular formula is C9H7Y-. The molecule has 0 aliphatic carbocycles. The van der Waals surface area contributed by atoms with Gasteiger partial charge in [0, 0.05) is 32.7 Å². The third kappa shape index (κ3) is 3.06. The standard InChI is InChI=1S/C9H7.Y/c1-2-6-9-7-4-3-5-8-9;/h3-5,7-8H,1H2;/q-1;. The van der Waals surface area contributed by atoms with Gasteiger partial charge in [0.1, 0.15) is 0 Å². The largest absolute Gasteiger partial charge is 0.296 e. The summed E-state index contributed by atoms with van der Waals surface area (Å²) >= 11 is 0. The van der Waals surface area contributed by atoms with E-state index in [9.17, 15) is 0 Å². The molecular weight excluding hydrogens is 197 g/mol. The molecule has 0 heterocycles. The van der Waals surface area contributed by atoms with Gasteiger partial charge >= 0.3 is 0 Å². The average Bonchev–Trinajstić information content (AvgIpc) is 1.91. The summed E-state index contributed by atoms with van der Waals surface area (Å²) in [5.41, 5.74) is 1.02. The van der Waals surface area contributed by atoms with E-state index in [2.05, 4.69) is 18.8 Å². The van der Waals surface area contributed by atoms with Gasteiger partial charge in [0.15, 0.2) is 0 Å². The number of hydrogen-bond acceptors (Lipinski definition) is 0. The molecule has 0 atom stereocenters. The Kier molecular flexibility index (Phi) is 5.40. The summed E-state index contributed by atoms with van der Waals surface area (Å²) in [5.74, 6) is 5.43. The van der Waals surface area contributed by atoms with Crippen LogP contribution in [0.2, 0.25) is 0 Å². The number of rotatable bonds is 0. The van der Waals surface area contributed by atoms with Crippen LogP contribution in [0, 0.1) is 18.8 Å². The van der Waals surface area contributed by atoms with Crippen LogP contribution in [0.25, 0.3) is 0 Å². The Morgan fingerprint density at radius 3 is 2.20 bits per heavy atom. The van der Waals surface area contributed by atoms with Crippen molar-refractivity contribution in [2.75, 3.05) is 0 Å². The van der Waals surface area contributed by atoms with E-state index >= 15 is 0 Å². The molecule has 1 aromatic rings. The van der Waals surface area contributed by atoms with Crippen LogP contribution in [-0.4, -0.2) is 0 Å². The van der Waals surface area contributed by atoms with Gasteiger partial charge in [0.2, 0.25) is 0 Å². The van der Waals surface area contributed by atoms with Gasteiger partial charge in [-0.15, -0.1) is 0 Å². The van der Waals surface area contributed by atoms with Crippen LogP contribution in [-0.2, 0) is 32.7 Å². The minimum Gasteiger partial charge on any atom is -0.296 e. The number of benzene rings is 1. The smallest absolute Gasteiger partial charge is 0 e. The predicted octanol–water partition coefficient (Wildman–Crippen LogP) is 1.87. The first-order chi connectivity index (χ1) is 4.43. The van der Waals surface area contributed by atoms with Gasteiger partial charge < -0.3 is 0 Å². The van der Waals surface area contributed by atoms with E-state index in [0.29, 0.717) is 0 Å². The minimum absolute atomic E-state index is 0. The van der Waals surface area contributed by atoms with E-state index in [-0.39, 0.29) is 32.7 Å². The molecule has 0 fully saturated rings. The second kappa shape index (κ2) is 5.53.